The molecule has 2 rings (SSSR count). The van der Waals surface area contributed by atoms with Crippen molar-refractivity contribution in [2.45, 2.75) is 19.3 Å². The van der Waals surface area contributed by atoms with Crippen LogP contribution in [0.4, 0.5) is 0 Å². The molecule has 0 fully saturated rings. The molecule has 0 aliphatic heterocycles. The topological polar surface area (TPSA) is 0 Å². The van der Waals surface area contributed by atoms with E-state index < -0.39 is 0 Å². The van der Waals surface area contributed by atoms with Crippen LogP contribution < -0.4 is 0 Å². The van der Waals surface area contributed by atoms with Gasteiger partial charge in [0.1, 0.15) is 0 Å². The minimum absolute atomic E-state index is 0. The zero-order chi connectivity index (χ0) is 7.84. The summed E-state index contributed by atoms with van der Waals surface area (Å²) in [5.74, 6) is 0. The maximum atomic E-state index is 5.99. The van der Waals surface area contributed by atoms with Crippen molar-refractivity contribution in [3.8, 4) is 0 Å². The summed E-state index contributed by atoms with van der Waals surface area (Å²) >= 11 is 11.8. The summed E-state index contributed by atoms with van der Waals surface area (Å²) in [6.45, 7) is 0. The molecule has 0 radical (unpaired) electrons. The summed E-state index contributed by atoms with van der Waals surface area (Å²) in [7, 11) is 0. The molecule has 0 aromatic heterocycles. The van der Waals surface area contributed by atoms with Crippen molar-refractivity contribution >= 4 is 35.6 Å². The Morgan fingerprint density at radius 2 is 1.83 bits per heavy atom. The van der Waals surface area contributed by atoms with Gasteiger partial charge in [-0.2, -0.15) is 0 Å². The van der Waals surface area contributed by atoms with E-state index in [2.05, 4.69) is 0 Å². The highest BCUT2D eigenvalue weighted by atomic mass is 35.5. The quantitative estimate of drug-likeness (QED) is 0.626. The lowest BCUT2D eigenvalue weighted by Gasteiger charge is -2.01. The summed E-state index contributed by atoms with van der Waals surface area (Å²) in [4.78, 5) is 0. The average Bonchev–Trinajstić information content (AvgIpc) is 2.34. The van der Waals surface area contributed by atoms with Gasteiger partial charge in [0.15, 0.2) is 0 Å². The van der Waals surface area contributed by atoms with Crippen LogP contribution in [-0.4, -0.2) is 0 Å². The molecule has 1 aliphatic rings. The Kier molecular flexibility index (Phi) is 3.28. The van der Waals surface area contributed by atoms with Crippen molar-refractivity contribution in [2.24, 2.45) is 0 Å². The summed E-state index contributed by atoms with van der Waals surface area (Å²) < 4.78 is 0. The molecule has 12 heavy (non-hydrogen) atoms. The highest BCUT2D eigenvalue weighted by Gasteiger charge is 2.14. The Morgan fingerprint density at radius 3 is 2.58 bits per heavy atom. The summed E-state index contributed by atoms with van der Waals surface area (Å²) in [5.41, 5.74) is 2.64. The first kappa shape index (κ1) is 10.2. The van der Waals surface area contributed by atoms with Crippen molar-refractivity contribution in [1.29, 1.82) is 0 Å². The molecule has 0 N–H and O–H groups in total. The number of hydrogen-bond acceptors (Lipinski definition) is 0. The minimum atomic E-state index is 0. The van der Waals surface area contributed by atoms with Crippen LogP contribution >= 0.6 is 35.6 Å². The second-order valence-corrected chi connectivity index (χ2v) is 3.72. The molecular formula is C9H9Cl3. The first-order valence-electron chi connectivity index (χ1n) is 3.74. The SMILES string of the molecule is Cl.Clc1cc(Cl)c2c(c1)CCC2. The van der Waals surface area contributed by atoms with Crippen LogP contribution in [0.2, 0.25) is 10.0 Å². The van der Waals surface area contributed by atoms with Crippen molar-refractivity contribution in [3.05, 3.63) is 33.3 Å². The van der Waals surface area contributed by atoms with Gasteiger partial charge < -0.3 is 0 Å². The molecule has 0 saturated heterocycles. The Morgan fingerprint density at radius 1 is 1.08 bits per heavy atom. The van der Waals surface area contributed by atoms with Crippen molar-refractivity contribution < 1.29 is 0 Å². The third kappa shape index (κ3) is 1.71. The molecule has 0 nitrogen and oxygen atoms in total. The van der Waals surface area contributed by atoms with E-state index in [0.29, 0.717) is 0 Å². The van der Waals surface area contributed by atoms with Gasteiger partial charge in [-0.1, -0.05) is 23.2 Å². The summed E-state index contributed by atoms with van der Waals surface area (Å²) in [6, 6.07) is 3.85. The lowest BCUT2D eigenvalue weighted by Crippen LogP contribution is -1.82. The van der Waals surface area contributed by atoms with E-state index in [9.17, 15) is 0 Å². The molecule has 0 amide bonds. The van der Waals surface area contributed by atoms with Gasteiger partial charge in [0.25, 0.3) is 0 Å². The van der Waals surface area contributed by atoms with Gasteiger partial charge >= 0.3 is 0 Å². The number of rotatable bonds is 0. The molecule has 1 aromatic rings. The first-order valence-corrected chi connectivity index (χ1v) is 4.50. The molecule has 66 valence electrons. The van der Waals surface area contributed by atoms with Crippen molar-refractivity contribution in [1.82, 2.24) is 0 Å². The fourth-order valence-electron chi connectivity index (χ4n) is 1.62. The largest absolute Gasteiger partial charge is 0.147 e. The van der Waals surface area contributed by atoms with Gasteiger partial charge in [-0.25, -0.2) is 0 Å². The Labute approximate surface area is 88.3 Å². The van der Waals surface area contributed by atoms with Crippen LogP contribution in [0.3, 0.4) is 0 Å². The predicted molar refractivity (Wildman–Crippen MR) is 55.7 cm³/mol. The van der Waals surface area contributed by atoms with Crippen LogP contribution in [-0.2, 0) is 12.8 Å². The summed E-state index contributed by atoms with van der Waals surface area (Å²) in [5, 5.41) is 1.60. The third-order valence-electron chi connectivity index (χ3n) is 2.13. The number of benzene rings is 1. The molecule has 0 heterocycles. The lowest BCUT2D eigenvalue weighted by molar-refractivity contribution is 0.912. The van der Waals surface area contributed by atoms with E-state index in [1.807, 2.05) is 12.1 Å². The van der Waals surface area contributed by atoms with Crippen LogP contribution in [0.5, 0.6) is 0 Å². The molecule has 1 aromatic carbocycles. The van der Waals surface area contributed by atoms with E-state index >= 15 is 0 Å². The van der Waals surface area contributed by atoms with E-state index in [4.69, 9.17) is 23.2 Å². The molecule has 1 aliphatic carbocycles. The number of halogens is 3. The highest BCUT2D eigenvalue weighted by molar-refractivity contribution is 6.35. The molecule has 0 spiro atoms. The summed E-state index contributed by atoms with van der Waals surface area (Å²) in [6.07, 6.45) is 3.47. The standard InChI is InChI=1S/C9H8Cl2.ClH/c10-7-4-6-2-1-3-8(6)9(11)5-7;/h4-5H,1-3H2;1H. The maximum Gasteiger partial charge on any atom is 0.0455 e. The zero-order valence-corrected chi connectivity index (χ0v) is 8.77. The second-order valence-electron chi connectivity index (χ2n) is 2.88. The van der Waals surface area contributed by atoms with Crippen LogP contribution in [0, 0.1) is 0 Å². The number of hydrogen-bond donors (Lipinski definition) is 0. The molecule has 0 atom stereocenters. The zero-order valence-electron chi connectivity index (χ0n) is 6.44. The third-order valence-corrected chi connectivity index (χ3v) is 2.68. The first-order chi connectivity index (χ1) is 5.27. The predicted octanol–water partition coefficient (Wildman–Crippen LogP) is 3.90. The Hall–Kier alpha value is 0.0900. The van der Waals surface area contributed by atoms with E-state index in [1.54, 1.807) is 0 Å². The lowest BCUT2D eigenvalue weighted by atomic mass is 10.1. The van der Waals surface area contributed by atoms with Gasteiger partial charge in [-0.05, 0) is 42.5 Å². The molecule has 0 saturated carbocycles. The van der Waals surface area contributed by atoms with E-state index in [1.165, 1.54) is 17.5 Å². The maximum absolute atomic E-state index is 5.99. The van der Waals surface area contributed by atoms with Crippen molar-refractivity contribution in [2.75, 3.05) is 0 Å². The Balaban J connectivity index is 0.000000720. The number of fused-ring (bicyclic) bond motifs is 1. The molecular weight excluding hydrogens is 214 g/mol. The van der Waals surface area contributed by atoms with E-state index in [-0.39, 0.29) is 12.4 Å². The minimum Gasteiger partial charge on any atom is -0.147 e. The van der Waals surface area contributed by atoms with Crippen LogP contribution in [0.15, 0.2) is 12.1 Å². The van der Waals surface area contributed by atoms with E-state index in [0.717, 1.165) is 22.9 Å². The van der Waals surface area contributed by atoms with Gasteiger partial charge in [-0.3, -0.25) is 0 Å². The molecule has 0 unspecified atom stereocenters. The molecule has 0 bridgehead atoms. The van der Waals surface area contributed by atoms with Crippen molar-refractivity contribution in [3.63, 3.8) is 0 Å². The highest BCUT2D eigenvalue weighted by Crippen LogP contribution is 2.31. The fraction of sp³-hybridized carbons (Fsp3) is 0.333. The Bertz CT molecular complexity index is 294. The smallest absolute Gasteiger partial charge is 0.0455 e. The monoisotopic (exact) mass is 222 g/mol. The van der Waals surface area contributed by atoms with Crippen LogP contribution in [0.1, 0.15) is 17.5 Å². The van der Waals surface area contributed by atoms with Crippen LogP contribution in [0.25, 0.3) is 0 Å². The normalized spacial score (nSPS) is 13.8. The van der Waals surface area contributed by atoms with Gasteiger partial charge in [-0.15, -0.1) is 12.4 Å². The van der Waals surface area contributed by atoms with Gasteiger partial charge in [0.05, 0.1) is 0 Å². The van der Waals surface area contributed by atoms with Gasteiger partial charge in [0, 0.05) is 10.0 Å². The fourth-order valence-corrected chi connectivity index (χ4v) is 2.25. The average molecular weight is 224 g/mol. The second kappa shape index (κ2) is 3.87. The molecule has 3 heteroatoms. The number of aryl methyl sites for hydroxylation is 1. The van der Waals surface area contributed by atoms with Gasteiger partial charge in [0.2, 0.25) is 0 Å².